The van der Waals surface area contributed by atoms with Crippen molar-refractivity contribution in [3.8, 4) is 33.4 Å². The van der Waals surface area contributed by atoms with Crippen molar-refractivity contribution in [1.29, 1.82) is 0 Å². The van der Waals surface area contributed by atoms with Crippen LogP contribution in [0.25, 0.3) is 33.4 Å². The van der Waals surface area contributed by atoms with Gasteiger partial charge in [-0.1, -0.05) is 133 Å². The second kappa shape index (κ2) is 8.89. The van der Waals surface area contributed by atoms with E-state index in [2.05, 4.69) is 150 Å². The molecule has 182 valence electrons. The third-order valence-corrected chi connectivity index (χ3v) is 8.39. The molecule has 0 unspecified atom stereocenters. The fourth-order valence-electron chi connectivity index (χ4n) is 6.65. The lowest BCUT2D eigenvalue weighted by Crippen LogP contribution is -2.57. The van der Waals surface area contributed by atoms with Gasteiger partial charge in [0.15, 0.2) is 0 Å². The number of rotatable bonds is 3. The molecule has 2 aliphatic rings. The first kappa shape index (κ1) is 22.2. The fraction of sp³-hybridized carbons (Fsp3) is 0.0270. The van der Waals surface area contributed by atoms with Gasteiger partial charge in [0.1, 0.15) is 0 Å². The summed E-state index contributed by atoms with van der Waals surface area (Å²) in [5.74, 6) is 0. The SMILES string of the molecule is c1ccc(N2B(c3ccc(-c4cccc5c4Cc4ccccc4-5)cc3)c3ccccc3-c3ccccc32)cc1. The van der Waals surface area contributed by atoms with Crippen molar-refractivity contribution < 1.29 is 0 Å². The fourth-order valence-corrected chi connectivity index (χ4v) is 6.65. The van der Waals surface area contributed by atoms with E-state index in [1.54, 1.807) is 0 Å². The summed E-state index contributed by atoms with van der Waals surface area (Å²) in [6.07, 6.45) is 0.998. The summed E-state index contributed by atoms with van der Waals surface area (Å²) in [6, 6.07) is 53.4. The molecule has 1 aliphatic heterocycles. The molecule has 39 heavy (non-hydrogen) atoms. The van der Waals surface area contributed by atoms with Crippen molar-refractivity contribution in [2.24, 2.45) is 0 Å². The molecule has 6 aromatic carbocycles. The first-order valence-corrected chi connectivity index (χ1v) is 13.7. The maximum Gasteiger partial charge on any atom is 0.328 e. The zero-order valence-electron chi connectivity index (χ0n) is 21.6. The molecule has 0 spiro atoms. The highest BCUT2D eigenvalue weighted by Gasteiger charge is 2.36. The molecule has 0 fully saturated rings. The minimum absolute atomic E-state index is 0.0818. The Hall–Kier alpha value is -4.82. The Balaban J connectivity index is 1.26. The first-order valence-electron chi connectivity index (χ1n) is 13.7. The molecule has 1 heterocycles. The van der Waals surface area contributed by atoms with Gasteiger partial charge in [0.25, 0.3) is 0 Å². The van der Waals surface area contributed by atoms with Gasteiger partial charge in [-0.2, -0.15) is 0 Å². The van der Waals surface area contributed by atoms with Gasteiger partial charge >= 0.3 is 6.85 Å². The molecular weight excluding hydrogens is 469 g/mol. The molecule has 1 nitrogen and oxygen atoms in total. The molecular formula is C37H26BN. The lowest BCUT2D eigenvalue weighted by molar-refractivity contribution is 1.26. The van der Waals surface area contributed by atoms with E-state index >= 15 is 0 Å². The molecule has 0 radical (unpaired) electrons. The van der Waals surface area contributed by atoms with E-state index in [0.717, 1.165) is 6.42 Å². The molecule has 0 bridgehead atoms. The number of anilines is 2. The van der Waals surface area contributed by atoms with E-state index in [0.29, 0.717) is 0 Å². The highest BCUT2D eigenvalue weighted by molar-refractivity contribution is 6.90. The Morgan fingerprint density at radius 1 is 0.462 bits per heavy atom. The quantitative estimate of drug-likeness (QED) is 0.226. The average Bonchev–Trinajstić information content (AvgIpc) is 3.40. The Labute approximate surface area is 230 Å². The number of benzene rings is 6. The lowest BCUT2D eigenvalue weighted by Gasteiger charge is -2.39. The second-order valence-electron chi connectivity index (χ2n) is 10.5. The van der Waals surface area contributed by atoms with E-state index in [-0.39, 0.29) is 6.85 Å². The van der Waals surface area contributed by atoms with E-state index in [4.69, 9.17) is 0 Å². The van der Waals surface area contributed by atoms with Crippen molar-refractivity contribution in [1.82, 2.24) is 0 Å². The molecule has 0 N–H and O–H groups in total. The van der Waals surface area contributed by atoms with Crippen molar-refractivity contribution in [2.45, 2.75) is 6.42 Å². The summed E-state index contributed by atoms with van der Waals surface area (Å²) < 4.78 is 0. The lowest BCUT2D eigenvalue weighted by atomic mass is 9.45. The van der Waals surface area contributed by atoms with Crippen LogP contribution in [-0.4, -0.2) is 6.85 Å². The summed E-state index contributed by atoms with van der Waals surface area (Å²) >= 11 is 0. The predicted molar refractivity (Wildman–Crippen MR) is 166 cm³/mol. The van der Waals surface area contributed by atoms with Crippen LogP contribution in [0.3, 0.4) is 0 Å². The smallest absolute Gasteiger partial charge is 0.328 e. The van der Waals surface area contributed by atoms with E-state index in [1.165, 1.54) is 66.8 Å². The molecule has 2 heteroatoms. The summed E-state index contributed by atoms with van der Waals surface area (Å²) in [6.45, 7) is 0.0818. The van der Waals surface area contributed by atoms with Crippen LogP contribution in [0.2, 0.25) is 0 Å². The van der Waals surface area contributed by atoms with Gasteiger partial charge in [0, 0.05) is 16.9 Å². The Morgan fingerprint density at radius 3 is 1.95 bits per heavy atom. The van der Waals surface area contributed by atoms with Crippen LogP contribution in [0.4, 0.5) is 11.4 Å². The summed E-state index contributed by atoms with van der Waals surface area (Å²) in [5, 5.41) is 0. The van der Waals surface area contributed by atoms with Gasteiger partial charge in [0.2, 0.25) is 0 Å². The maximum atomic E-state index is 2.50. The van der Waals surface area contributed by atoms with Gasteiger partial charge < -0.3 is 4.81 Å². The monoisotopic (exact) mass is 495 g/mol. The van der Waals surface area contributed by atoms with Crippen LogP contribution in [0.15, 0.2) is 146 Å². The molecule has 0 aromatic heterocycles. The maximum absolute atomic E-state index is 2.50. The van der Waals surface area contributed by atoms with Crippen molar-refractivity contribution in [2.75, 3.05) is 4.81 Å². The minimum Gasteiger partial charge on any atom is -0.376 e. The number of hydrogen-bond acceptors (Lipinski definition) is 1. The zero-order valence-corrected chi connectivity index (χ0v) is 21.6. The molecule has 6 aromatic rings. The molecule has 0 saturated carbocycles. The number of hydrogen-bond donors (Lipinski definition) is 0. The highest BCUT2D eigenvalue weighted by atomic mass is 15.1. The van der Waals surface area contributed by atoms with Crippen LogP contribution < -0.4 is 15.7 Å². The summed E-state index contributed by atoms with van der Waals surface area (Å²) in [7, 11) is 0. The Bertz CT molecular complexity index is 1840. The standard InChI is InChI=1S/C37H26BN/c1-2-12-29(13-3-1)39-37-20-9-7-16-34(37)33-15-6-8-19-36(33)38(39)28-23-21-26(22-24-28)30-17-10-18-32-31-14-5-4-11-27(31)25-35(30)32/h1-24H,25H2. The topological polar surface area (TPSA) is 3.24 Å². The van der Waals surface area contributed by atoms with Gasteiger partial charge in [0.05, 0.1) is 0 Å². The molecule has 1 aliphatic carbocycles. The third-order valence-electron chi connectivity index (χ3n) is 8.39. The van der Waals surface area contributed by atoms with E-state index in [9.17, 15) is 0 Å². The van der Waals surface area contributed by atoms with Gasteiger partial charge in [-0.25, -0.2) is 0 Å². The zero-order chi connectivity index (χ0) is 25.8. The minimum atomic E-state index is 0.0818. The normalized spacial score (nSPS) is 12.9. The number of nitrogens with zero attached hydrogens (tertiary/aromatic N) is 1. The van der Waals surface area contributed by atoms with Crippen LogP contribution in [-0.2, 0) is 6.42 Å². The van der Waals surface area contributed by atoms with Crippen LogP contribution >= 0.6 is 0 Å². The molecule has 0 amide bonds. The number of para-hydroxylation sites is 2. The predicted octanol–water partition coefficient (Wildman–Crippen LogP) is 7.85. The van der Waals surface area contributed by atoms with Crippen molar-refractivity contribution >= 4 is 29.1 Å². The van der Waals surface area contributed by atoms with Crippen LogP contribution in [0.1, 0.15) is 11.1 Å². The van der Waals surface area contributed by atoms with Crippen LogP contribution in [0, 0.1) is 0 Å². The van der Waals surface area contributed by atoms with E-state index in [1.807, 2.05) is 0 Å². The second-order valence-corrected chi connectivity index (χ2v) is 10.5. The molecule has 0 atom stereocenters. The largest absolute Gasteiger partial charge is 0.376 e. The Morgan fingerprint density at radius 2 is 1.10 bits per heavy atom. The summed E-state index contributed by atoms with van der Waals surface area (Å²) in [4.78, 5) is 2.50. The molecule has 8 rings (SSSR count). The molecule has 0 saturated heterocycles. The van der Waals surface area contributed by atoms with Gasteiger partial charge in [-0.3, -0.25) is 0 Å². The van der Waals surface area contributed by atoms with Crippen molar-refractivity contribution in [3.05, 3.63) is 157 Å². The van der Waals surface area contributed by atoms with Crippen LogP contribution in [0.5, 0.6) is 0 Å². The van der Waals surface area contributed by atoms with Crippen molar-refractivity contribution in [3.63, 3.8) is 0 Å². The van der Waals surface area contributed by atoms with Gasteiger partial charge in [-0.05, 0) is 69.0 Å². The highest BCUT2D eigenvalue weighted by Crippen LogP contribution is 2.42. The van der Waals surface area contributed by atoms with E-state index < -0.39 is 0 Å². The number of fused-ring (bicyclic) bond motifs is 6. The third kappa shape index (κ3) is 3.49. The summed E-state index contributed by atoms with van der Waals surface area (Å²) in [5.41, 5.74) is 15.9. The first-order chi connectivity index (χ1) is 19.4. The Kier molecular flexibility index (Phi) is 5.06. The average molecular weight is 495 g/mol. The van der Waals surface area contributed by atoms with Gasteiger partial charge in [-0.15, -0.1) is 0 Å².